The van der Waals surface area contributed by atoms with Crippen LogP contribution in [-0.4, -0.2) is 46.2 Å². The van der Waals surface area contributed by atoms with E-state index in [2.05, 4.69) is 20.0 Å². The van der Waals surface area contributed by atoms with Gasteiger partial charge in [0.15, 0.2) is 0 Å². The van der Waals surface area contributed by atoms with Gasteiger partial charge in [-0.1, -0.05) is 0 Å². The minimum Gasteiger partial charge on any atom is -0.481 e. The maximum absolute atomic E-state index is 11.3. The zero-order valence-electron chi connectivity index (χ0n) is 9.80. The first-order valence-corrected chi connectivity index (χ1v) is 6.00. The Kier molecular flexibility index (Phi) is 6.01. The standard InChI is InChI=1S/C9H14N4O4S/c1-6-11-9(18-13-6)12-8(16)10-3-5-17-4-2-7(14)15/h2-5H2,1H3,(H,14,15)(H2,10,11,12,13,16). The van der Waals surface area contributed by atoms with E-state index in [0.717, 1.165) is 11.5 Å². The molecule has 8 nitrogen and oxygen atoms in total. The van der Waals surface area contributed by atoms with Gasteiger partial charge in [-0.15, -0.1) is 0 Å². The number of anilines is 1. The van der Waals surface area contributed by atoms with E-state index >= 15 is 0 Å². The van der Waals surface area contributed by atoms with Crippen molar-refractivity contribution >= 4 is 28.7 Å². The van der Waals surface area contributed by atoms with Crippen LogP contribution in [0.25, 0.3) is 0 Å². The molecular formula is C9H14N4O4S. The zero-order valence-corrected chi connectivity index (χ0v) is 10.6. The summed E-state index contributed by atoms with van der Waals surface area (Å²) in [4.78, 5) is 25.5. The van der Waals surface area contributed by atoms with Gasteiger partial charge in [-0.05, 0) is 6.92 Å². The van der Waals surface area contributed by atoms with Crippen molar-refractivity contribution in [1.82, 2.24) is 14.7 Å². The number of amides is 2. The molecular weight excluding hydrogens is 260 g/mol. The Morgan fingerprint density at radius 2 is 2.22 bits per heavy atom. The number of carboxylic acids is 1. The van der Waals surface area contributed by atoms with Gasteiger partial charge < -0.3 is 15.2 Å². The fourth-order valence-electron chi connectivity index (χ4n) is 0.987. The van der Waals surface area contributed by atoms with Crippen molar-refractivity contribution in [3.05, 3.63) is 5.82 Å². The SMILES string of the molecule is Cc1nsc(NC(=O)NCCOCCC(=O)O)n1. The Hall–Kier alpha value is -1.74. The van der Waals surface area contributed by atoms with Crippen molar-refractivity contribution in [1.29, 1.82) is 0 Å². The summed E-state index contributed by atoms with van der Waals surface area (Å²) in [7, 11) is 0. The molecule has 0 aromatic carbocycles. The molecule has 0 atom stereocenters. The van der Waals surface area contributed by atoms with E-state index in [1.165, 1.54) is 0 Å². The molecule has 0 spiro atoms. The third kappa shape index (κ3) is 6.11. The first kappa shape index (κ1) is 14.3. The molecule has 1 aromatic rings. The number of rotatable bonds is 7. The van der Waals surface area contributed by atoms with Crippen LogP contribution in [0.1, 0.15) is 12.2 Å². The Morgan fingerprint density at radius 1 is 1.44 bits per heavy atom. The maximum atomic E-state index is 11.3. The summed E-state index contributed by atoms with van der Waals surface area (Å²) in [5, 5.41) is 13.8. The molecule has 1 rings (SSSR count). The number of hydrogen-bond donors (Lipinski definition) is 3. The zero-order chi connectivity index (χ0) is 13.4. The van der Waals surface area contributed by atoms with Crippen LogP contribution in [0.5, 0.6) is 0 Å². The Bertz CT molecular complexity index is 409. The fraction of sp³-hybridized carbons (Fsp3) is 0.556. The first-order chi connectivity index (χ1) is 8.58. The summed E-state index contributed by atoms with van der Waals surface area (Å²) in [6.07, 6.45) is -0.0454. The van der Waals surface area contributed by atoms with Crippen LogP contribution in [0, 0.1) is 6.92 Å². The summed E-state index contributed by atoms with van der Waals surface area (Å²) in [5.74, 6) is -0.306. The van der Waals surface area contributed by atoms with Crippen molar-refractivity contribution < 1.29 is 19.4 Å². The number of ether oxygens (including phenoxy) is 1. The van der Waals surface area contributed by atoms with E-state index in [1.807, 2.05) is 0 Å². The summed E-state index contributed by atoms with van der Waals surface area (Å²) >= 11 is 1.10. The highest BCUT2D eigenvalue weighted by atomic mass is 32.1. The van der Waals surface area contributed by atoms with Crippen LogP contribution in [-0.2, 0) is 9.53 Å². The normalized spacial score (nSPS) is 10.1. The lowest BCUT2D eigenvalue weighted by molar-refractivity contribution is -0.138. The molecule has 0 aliphatic heterocycles. The van der Waals surface area contributed by atoms with Gasteiger partial charge in [0, 0.05) is 18.1 Å². The van der Waals surface area contributed by atoms with Crippen LogP contribution >= 0.6 is 11.5 Å². The number of aliphatic carboxylic acids is 1. The number of nitrogens with zero attached hydrogens (tertiary/aromatic N) is 2. The third-order valence-electron chi connectivity index (χ3n) is 1.74. The highest BCUT2D eigenvalue weighted by Gasteiger charge is 2.04. The second kappa shape index (κ2) is 7.56. The molecule has 18 heavy (non-hydrogen) atoms. The third-order valence-corrected chi connectivity index (χ3v) is 2.46. The van der Waals surface area contributed by atoms with E-state index in [0.29, 0.717) is 17.5 Å². The largest absolute Gasteiger partial charge is 0.481 e. The first-order valence-electron chi connectivity index (χ1n) is 5.22. The summed E-state index contributed by atoms with van der Waals surface area (Å²) in [5.41, 5.74) is 0. The minimum atomic E-state index is -0.910. The number of aryl methyl sites for hydroxylation is 1. The summed E-state index contributed by atoms with van der Waals surface area (Å²) in [6.45, 7) is 2.42. The fourth-order valence-corrected chi connectivity index (χ4v) is 1.56. The Morgan fingerprint density at radius 3 is 2.83 bits per heavy atom. The molecule has 0 bridgehead atoms. The van der Waals surface area contributed by atoms with Crippen LogP contribution in [0.2, 0.25) is 0 Å². The molecule has 0 aliphatic rings. The van der Waals surface area contributed by atoms with E-state index in [-0.39, 0.29) is 19.6 Å². The number of carboxylic acid groups (broad SMARTS) is 1. The molecule has 0 unspecified atom stereocenters. The average molecular weight is 274 g/mol. The van der Waals surface area contributed by atoms with Crippen molar-refractivity contribution in [2.45, 2.75) is 13.3 Å². The van der Waals surface area contributed by atoms with Gasteiger partial charge in [0.25, 0.3) is 0 Å². The van der Waals surface area contributed by atoms with Gasteiger partial charge in [-0.25, -0.2) is 9.78 Å². The van der Waals surface area contributed by atoms with Gasteiger partial charge in [-0.3, -0.25) is 10.1 Å². The molecule has 3 N–H and O–H groups in total. The van der Waals surface area contributed by atoms with Gasteiger partial charge in [0.05, 0.1) is 19.6 Å². The highest BCUT2D eigenvalue weighted by Crippen LogP contribution is 2.09. The summed E-state index contributed by atoms with van der Waals surface area (Å²) < 4.78 is 8.92. The molecule has 0 radical (unpaired) electrons. The molecule has 1 aromatic heterocycles. The molecule has 0 saturated heterocycles. The molecule has 0 saturated carbocycles. The predicted molar refractivity (Wildman–Crippen MR) is 64.7 cm³/mol. The number of nitrogens with one attached hydrogen (secondary N) is 2. The van der Waals surface area contributed by atoms with Crippen molar-refractivity contribution in [3.63, 3.8) is 0 Å². The number of hydrogen-bond acceptors (Lipinski definition) is 6. The van der Waals surface area contributed by atoms with Crippen molar-refractivity contribution in [3.8, 4) is 0 Å². The van der Waals surface area contributed by atoms with Crippen molar-refractivity contribution in [2.75, 3.05) is 25.1 Å². The van der Waals surface area contributed by atoms with Gasteiger partial charge in [0.1, 0.15) is 5.82 Å². The predicted octanol–water partition coefficient (Wildman–Crippen LogP) is 0.459. The van der Waals surface area contributed by atoms with Gasteiger partial charge in [0.2, 0.25) is 5.13 Å². The van der Waals surface area contributed by atoms with E-state index in [4.69, 9.17) is 9.84 Å². The molecule has 9 heteroatoms. The number of carbonyl (C=O) groups excluding carboxylic acids is 1. The second-order valence-corrected chi connectivity index (χ2v) is 4.04. The minimum absolute atomic E-state index is 0.0454. The molecule has 0 fully saturated rings. The van der Waals surface area contributed by atoms with Crippen LogP contribution in [0.3, 0.4) is 0 Å². The number of urea groups is 1. The van der Waals surface area contributed by atoms with E-state index < -0.39 is 12.0 Å². The topological polar surface area (TPSA) is 113 Å². The maximum Gasteiger partial charge on any atom is 0.321 e. The molecule has 100 valence electrons. The molecule has 0 aliphatic carbocycles. The van der Waals surface area contributed by atoms with Gasteiger partial charge >= 0.3 is 12.0 Å². The summed E-state index contributed by atoms with van der Waals surface area (Å²) in [6, 6.07) is -0.395. The smallest absolute Gasteiger partial charge is 0.321 e. The monoisotopic (exact) mass is 274 g/mol. The number of carbonyl (C=O) groups is 2. The van der Waals surface area contributed by atoms with E-state index in [9.17, 15) is 9.59 Å². The van der Waals surface area contributed by atoms with Crippen molar-refractivity contribution in [2.24, 2.45) is 0 Å². The van der Waals surface area contributed by atoms with Gasteiger partial charge in [-0.2, -0.15) is 4.37 Å². The van der Waals surface area contributed by atoms with Crippen LogP contribution < -0.4 is 10.6 Å². The lowest BCUT2D eigenvalue weighted by Gasteiger charge is -2.05. The lowest BCUT2D eigenvalue weighted by atomic mass is 10.5. The molecule has 1 heterocycles. The highest BCUT2D eigenvalue weighted by molar-refractivity contribution is 7.09. The van der Waals surface area contributed by atoms with E-state index in [1.54, 1.807) is 6.92 Å². The quantitative estimate of drug-likeness (QED) is 0.622. The average Bonchev–Trinajstić information content (AvgIpc) is 2.68. The van der Waals surface area contributed by atoms with Crippen LogP contribution in [0.4, 0.5) is 9.93 Å². The lowest BCUT2D eigenvalue weighted by Crippen LogP contribution is -2.31. The Balaban J connectivity index is 2.05. The number of aromatic nitrogens is 2. The second-order valence-electron chi connectivity index (χ2n) is 3.28. The Labute approximate surface area is 108 Å². The van der Waals surface area contributed by atoms with Crippen LogP contribution in [0.15, 0.2) is 0 Å². The molecule has 2 amide bonds.